The van der Waals surface area contributed by atoms with E-state index in [1.54, 1.807) is 6.92 Å². The Morgan fingerprint density at radius 3 is 2.77 bits per heavy atom. The monoisotopic (exact) mass is 435 g/mol. The molecule has 2 aliphatic heterocycles. The third-order valence-electron chi connectivity index (χ3n) is 5.34. The van der Waals surface area contributed by atoms with Gasteiger partial charge in [0.2, 0.25) is 5.91 Å². The molecular formula is C21H20F3N3O2S. The maximum atomic E-state index is 14.5. The summed E-state index contributed by atoms with van der Waals surface area (Å²) < 4.78 is 48.7. The van der Waals surface area contributed by atoms with Gasteiger partial charge in [-0.15, -0.1) is 0 Å². The molecule has 0 radical (unpaired) electrons. The van der Waals surface area contributed by atoms with Gasteiger partial charge in [-0.05, 0) is 55.8 Å². The predicted octanol–water partition coefficient (Wildman–Crippen LogP) is 3.88. The molecule has 0 saturated heterocycles. The molecule has 158 valence electrons. The van der Waals surface area contributed by atoms with Crippen molar-refractivity contribution in [2.75, 3.05) is 13.2 Å². The minimum absolute atomic E-state index is 0.0595. The van der Waals surface area contributed by atoms with Gasteiger partial charge >= 0.3 is 0 Å². The van der Waals surface area contributed by atoms with Crippen molar-refractivity contribution in [1.29, 1.82) is 0 Å². The SMILES string of the molecule is CC(=O)N1N=C(c2cc(F)ccc2F)S[C@@]12c1cc(F)cc(C)c1OC[C@H]2CCN. The lowest BCUT2D eigenvalue weighted by molar-refractivity contribution is -0.134. The maximum absolute atomic E-state index is 14.5. The Hall–Kier alpha value is -2.52. The number of aryl methyl sites for hydroxylation is 1. The third-order valence-corrected chi connectivity index (χ3v) is 6.87. The first-order valence-electron chi connectivity index (χ1n) is 9.45. The molecule has 2 atom stereocenters. The van der Waals surface area contributed by atoms with Crippen molar-refractivity contribution >= 4 is 22.7 Å². The lowest BCUT2D eigenvalue weighted by Crippen LogP contribution is -2.51. The van der Waals surface area contributed by atoms with Crippen LogP contribution in [0.15, 0.2) is 35.4 Å². The second kappa shape index (κ2) is 7.63. The lowest BCUT2D eigenvalue weighted by Gasteiger charge is -2.45. The number of amides is 1. The topological polar surface area (TPSA) is 67.9 Å². The third kappa shape index (κ3) is 3.16. The van der Waals surface area contributed by atoms with Crippen LogP contribution in [-0.2, 0) is 9.67 Å². The highest BCUT2D eigenvalue weighted by Gasteiger charge is 2.57. The van der Waals surface area contributed by atoms with Gasteiger partial charge in [0.05, 0.1) is 6.61 Å². The van der Waals surface area contributed by atoms with E-state index in [9.17, 15) is 18.0 Å². The predicted molar refractivity (Wildman–Crippen MR) is 108 cm³/mol. The van der Waals surface area contributed by atoms with Gasteiger partial charge in [-0.25, -0.2) is 18.2 Å². The van der Waals surface area contributed by atoms with Crippen LogP contribution in [0.3, 0.4) is 0 Å². The number of hydrogen-bond acceptors (Lipinski definition) is 5. The number of ether oxygens (including phenoxy) is 1. The smallest absolute Gasteiger partial charge is 0.241 e. The van der Waals surface area contributed by atoms with Gasteiger partial charge in [0, 0.05) is 24.0 Å². The summed E-state index contributed by atoms with van der Waals surface area (Å²) in [4.78, 5) is 11.5. The van der Waals surface area contributed by atoms with Crippen LogP contribution < -0.4 is 10.5 Å². The summed E-state index contributed by atoms with van der Waals surface area (Å²) >= 11 is 1.10. The molecule has 1 amide bonds. The van der Waals surface area contributed by atoms with E-state index in [1.165, 1.54) is 24.1 Å². The second-order valence-electron chi connectivity index (χ2n) is 7.34. The van der Waals surface area contributed by atoms with Crippen LogP contribution in [0.2, 0.25) is 0 Å². The number of benzene rings is 2. The van der Waals surface area contributed by atoms with Crippen LogP contribution in [0, 0.1) is 30.3 Å². The van der Waals surface area contributed by atoms with Crippen LogP contribution in [0.4, 0.5) is 13.2 Å². The van der Waals surface area contributed by atoms with Crippen molar-refractivity contribution in [1.82, 2.24) is 5.01 Å². The Kier molecular flexibility index (Phi) is 5.27. The Morgan fingerprint density at radius 2 is 2.07 bits per heavy atom. The number of hydrogen-bond donors (Lipinski definition) is 1. The van der Waals surface area contributed by atoms with Crippen molar-refractivity contribution in [3.05, 3.63) is 64.5 Å². The van der Waals surface area contributed by atoms with E-state index >= 15 is 0 Å². The van der Waals surface area contributed by atoms with E-state index in [4.69, 9.17) is 10.5 Å². The minimum Gasteiger partial charge on any atom is -0.492 e. The Morgan fingerprint density at radius 1 is 1.30 bits per heavy atom. The Labute approximate surface area is 176 Å². The fourth-order valence-corrected chi connectivity index (χ4v) is 5.61. The number of rotatable bonds is 3. The van der Waals surface area contributed by atoms with Gasteiger partial charge in [-0.2, -0.15) is 5.10 Å². The van der Waals surface area contributed by atoms with E-state index < -0.39 is 28.2 Å². The first-order valence-corrected chi connectivity index (χ1v) is 10.3. The summed E-state index contributed by atoms with van der Waals surface area (Å²) in [7, 11) is 0. The summed E-state index contributed by atoms with van der Waals surface area (Å²) in [5.74, 6) is -2.08. The van der Waals surface area contributed by atoms with Crippen molar-refractivity contribution in [2.45, 2.75) is 25.1 Å². The molecule has 9 heteroatoms. The Balaban J connectivity index is 1.94. The molecule has 0 unspecified atom stereocenters. The van der Waals surface area contributed by atoms with Gasteiger partial charge < -0.3 is 10.5 Å². The van der Waals surface area contributed by atoms with Crippen LogP contribution in [0.1, 0.15) is 30.0 Å². The highest BCUT2D eigenvalue weighted by Crippen LogP contribution is 2.58. The molecule has 0 aliphatic carbocycles. The lowest BCUT2D eigenvalue weighted by atomic mass is 9.85. The molecule has 2 aromatic rings. The zero-order valence-corrected chi connectivity index (χ0v) is 17.2. The molecule has 0 bridgehead atoms. The van der Waals surface area contributed by atoms with E-state index in [-0.39, 0.29) is 23.1 Å². The van der Waals surface area contributed by atoms with E-state index in [1.807, 2.05) is 0 Å². The van der Waals surface area contributed by atoms with Crippen LogP contribution >= 0.6 is 11.8 Å². The number of hydrazone groups is 1. The zero-order valence-electron chi connectivity index (χ0n) is 16.4. The zero-order chi connectivity index (χ0) is 21.6. The Bertz CT molecular complexity index is 1060. The second-order valence-corrected chi connectivity index (χ2v) is 8.56. The molecule has 2 aliphatic rings. The quantitative estimate of drug-likeness (QED) is 0.795. The molecular weight excluding hydrogens is 415 g/mol. The molecule has 2 aromatic carbocycles. The molecule has 5 nitrogen and oxygen atoms in total. The number of carbonyl (C=O) groups is 1. The molecule has 0 aromatic heterocycles. The first kappa shape index (κ1) is 20.7. The number of nitrogens with two attached hydrogens (primary N) is 1. The van der Waals surface area contributed by atoms with E-state index in [0.29, 0.717) is 29.8 Å². The van der Waals surface area contributed by atoms with Crippen LogP contribution in [-0.4, -0.2) is 29.1 Å². The first-order chi connectivity index (χ1) is 14.3. The van der Waals surface area contributed by atoms with Gasteiger partial charge in [-0.3, -0.25) is 4.79 Å². The number of halogens is 3. The number of thioether (sulfide) groups is 1. The number of fused-ring (bicyclic) bond motifs is 2. The summed E-state index contributed by atoms with van der Waals surface area (Å²) in [5.41, 5.74) is 6.76. The summed E-state index contributed by atoms with van der Waals surface area (Å²) in [5, 5.41) is 5.74. The highest BCUT2D eigenvalue weighted by molar-refractivity contribution is 8.15. The molecule has 4 rings (SSSR count). The minimum atomic E-state index is -1.18. The van der Waals surface area contributed by atoms with Crippen LogP contribution in [0.25, 0.3) is 0 Å². The van der Waals surface area contributed by atoms with Crippen molar-refractivity contribution in [3.63, 3.8) is 0 Å². The van der Waals surface area contributed by atoms with Gasteiger partial charge in [0.25, 0.3) is 0 Å². The van der Waals surface area contributed by atoms with E-state index in [0.717, 1.165) is 30.0 Å². The molecule has 30 heavy (non-hydrogen) atoms. The highest BCUT2D eigenvalue weighted by atomic mass is 32.2. The summed E-state index contributed by atoms with van der Waals surface area (Å²) in [6.45, 7) is 3.57. The molecule has 1 spiro atoms. The maximum Gasteiger partial charge on any atom is 0.241 e. The van der Waals surface area contributed by atoms with Gasteiger partial charge in [0.1, 0.15) is 28.2 Å². The van der Waals surface area contributed by atoms with Gasteiger partial charge in [0.15, 0.2) is 4.87 Å². The van der Waals surface area contributed by atoms with Crippen molar-refractivity contribution in [2.24, 2.45) is 16.8 Å². The number of carbonyl (C=O) groups excluding carboxylic acids is 1. The van der Waals surface area contributed by atoms with E-state index in [2.05, 4.69) is 5.10 Å². The molecule has 2 heterocycles. The standard InChI is InChI=1S/C21H20F3N3O2S/c1-11-7-15(23)9-17-19(11)29-10-13(5-6-25)21(17)27(12(2)28)26-20(30-21)16-8-14(22)3-4-18(16)24/h3-4,7-9,13H,5-6,10,25H2,1-2H3/t13-,21+/m1/s1. The number of nitrogens with zero attached hydrogens (tertiary/aromatic N) is 2. The van der Waals surface area contributed by atoms with Crippen LogP contribution in [0.5, 0.6) is 5.75 Å². The average molecular weight is 435 g/mol. The average Bonchev–Trinajstić information content (AvgIpc) is 3.08. The molecule has 0 fully saturated rings. The largest absolute Gasteiger partial charge is 0.492 e. The fourth-order valence-electron chi connectivity index (χ4n) is 4.06. The molecule has 0 saturated carbocycles. The summed E-state index contributed by atoms with van der Waals surface area (Å²) in [6.07, 6.45) is 0.459. The summed E-state index contributed by atoms with van der Waals surface area (Å²) in [6, 6.07) is 5.72. The van der Waals surface area contributed by atoms with Gasteiger partial charge in [-0.1, -0.05) is 11.8 Å². The fraction of sp³-hybridized carbons (Fsp3) is 0.333. The molecule has 2 N–H and O–H groups in total. The van der Waals surface area contributed by atoms with Crippen molar-refractivity contribution < 1.29 is 22.7 Å². The van der Waals surface area contributed by atoms with Crippen molar-refractivity contribution in [3.8, 4) is 5.75 Å². The normalized spacial score (nSPS) is 22.7.